The van der Waals surface area contributed by atoms with Crippen LogP contribution in [0.3, 0.4) is 0 Å². The van der Waals surface area contributed by atoms with E-state index in [9.17, 15) is 5.11 Å². The predicted octanol–water partition coefficient (Wildman–Crippen LogP) is 8.19. The largest absolute Gasteiger partial charge is 0.504 e. The van der Waals surface area contributed by atoms with Crippen LogP contribution >= 0.6 is 0 Å². The van der Waals surface area contributed by atoms with Gasteiger partial charge >= 0.3 is 0 Å². The SMILES string of the molecule is C=Cc1c(O)c(OC(CC)OCC)c(-c2ccccc2)c(-c2ccccc2)c1-c1ccccc1. The first-order valence-electron chi connectivity index (χ1n) is 11.7. The van der Waals surface area contributed by atoms with Crippen molar-refractivity contribution in [2.75, 3.05) is 6.61 Å². The average Bonchev–Trinajstić information content (AvgIpc) is 2.90. The minimum Gasteiger partial charge on any atom is -0.504 e. The normalized spacial score (nSPS) is 11.7. The summed E-state index contributed by atoms with van der Waals surface area (Å²) in [6, 6.07) is 30.4. The van der Waals surface area contributed by atoms with Gasteiger partial charge in [0, 0.05) is 35.3 Å². The third kappa shape index (κ3) is 4.61. The molecule has 0 fully saturated rings. The number of hydrogen-bond donors (Lipinski definition) is 1. The Morgan fingerprint density at radius 2 is 1.21 bits per heavy atom. The van der Waals surface area contributed by atoms with Crippen molar-refractivity contribution < 1.29 is 14.6 Å². The maximum absolute atomic E-state index is 11.6. The van der Waals surface area contributed by atoms with E-state index in [1.807, 2.05) is 80.6 Å². The van der Waals surface area contributed by atoms with Gasteiger partial charge in [0.1, 0.15) is 0 Å². The zero-order chi connectivity index (χ0) is 23.9. The van der Waals surface area contributed by atoms with Crippen LogP contribution in [0.15, 0.2) is 97.6 Å². The fourth-order valence-electron chi connectivity index (χ4n) is 4.28. The summed E-state index contributed by atoms with van der Waals surface area (Å²) in [6.07, 6.45) is 1.86. The number of aromatic hydroxyl groups is 1. The molecule has 4 aromatic carbocycles. The summed E-state index contributed by atoms with van der Waals surface area (Å²) in [5.74, 6) is 0.463. The van der Waals surface area contributed by atoms with Crippen LogP contribution in [-0.4, -0.2) is 18.0 Å². The van der Waals surface area contributed by atoms with E-state index >= 15 is 0 Å². The Bertz CT molecular complexity index is 1230. The Hall–Kier alpha value is -3.82. The molecule has 0 amide bonds. The Morgan fingerprint density at radius 1 is 0.735 bits per heavy atom. The summed E-state index contributed by atoms with van der Waals surface area (Å²) in [4.78, 5) is 0. The van der Waals surface area contributed by atoms with Crippen LogP contribution < -0.4 is 4.74 Å². The highest BCUT2D eigenvalue weighted by atomic mass is 16.7. The van der Waals surface area contributed by atoms with Crippen molar-refractivity contribution in [3.05, 3.63) is 103 Å². The van der Waals surface area contributed by atoms with Gasteiger partial charge in [0.25, 0.3) is 0 Å². The van der Waals surface area contributed by atoms with Gasteiger partial charge in [-0.3, -0.25) is 0 Å². The average molecular weight is 451 g/mol. The first kappa shape index (κ1) is 23.3. The quantitative estimate of drug-likeness (QED) is 0.261. The van der Waals surface area contributed by atoms with Gasteiger partial charge in [-0.05, 0) is 23.6 Å². The zero-order valence-corrected chi connectivity index (χ0v) is 19.7. The third-order valence-electron chi connectivity index (χ3n) is 5.79. The number of benzene rings is 4. The molecule has 3 heteroatoms. The summed E-state index contributed by atoms with van der Waals surface area (Å²) in [7, 11) is 0. The fraction of sp³-hybridized carbons (Fsp3) is 0.161. The molecule has 0 bridgehead atoms. The van der Waals surface area contributed by atoms with Gasteiger partial charge in [0.2, 0.25) is 0 Å². The zero-order valence-electron chi connectivity index (χ0n) is 19.7. The van der Waals surface area contributed by atoms with E-state index < -0.39 is 6.29 Å². The predicted molar refractivity (Wildman–Crippen MR) is 141 cm³/mol. The molecule has 0 aliphatic rings. The van der Waals surface area contributed by atoms with Crippen molar-refractivity contribution in [3.63, 3.8) is 0 Å². The molecule has 0 saturated heterocycles. The summed E-state index contributed by atoms with van der Waals surface area (Å²) < 4.78 is 12.2. The van der Waals surface area contributed by atoms with Crippen LogP contribution in [0, 0.1) is 0 Å². The number of phenolic OH excluding ortho intramolecular Hbond substituents is 1. The van der Waals surface area contributed by atoms with E-state index in [0.717, 1.165) is 33.4 Å². The number of hydrogen-bond acceptors (Lipinski definition) is 3. The minimum absolute atomic E-state index is 0.0607. The van der Waals surface area contributed by atoms with Crippen LogP contribution in [0.5, 0.6) is 11.5 Å². The van der Waals surface area contributed by atoms with E-state index in [0.29, 0.717) is 24.3 Å². The van der Waals surface area contributed by atoms with Gasteiger partial charge in [-0.25, -0.2) is 0 Å². The molecule has 1 N–H and O–H groups in total. The lowest BCUT2D eigenvalue weighted by Crippen LogP contribution is -2.20. The van der Waals surface area contributed by atoms with Gasteiger partial charge in [-0.1, -0.05) is 111 Å². The van der Waals surface area contributed by atoms with Crippen molar-refractivity contribution in [2.45, 2.75) is 26.6 Å². The molecular formula is C31H30O3. The van der Waals surface area contributed by atoms with E-state index in [2.05, 4.69) is 30.8 Å². The molecule has 0 aromatic heterocycles. The molecule has 3 nitrogen and oxygen atoms in total. The highest BCUT2D eigenvalue weighted by Crippen LogP contribution is 2.53. The summed E-state index contributed by atoms with van der Waals surface area (Å²) >= 11 is 0. The molecule has 4 aromatic rings. The van der Waals surface area contributed by atoms with E-state index in [1.54, 1.807) is 6.08 Å². The molecule has 172 valence electrons. The van der Waals surface area contributed by atoms with Gasteiger partial charge in [0.05, 0.1) is 0 Å². The van der Waals surface area contributed by atoms with Crippen LogP contribution in [0.4, 0.5) is 0 Å². The monoisotopic (exact) mass is 450 g/mol. The standard InChI is InChI=1S/C31H30O3/c1-4-25-27(22-16-10-7-11-17-22)28(23-18-12-8-13-19-23)29(24-20-14-9-15-21-24)31(30(25)32)34-26(5-2)33-6-3/h4,7-21,26,32H,1,5-6H2,2-3H3. The van der Waals surface area contributed by atoms with E-state index in [1.165, 1.54) is 0 Å². The molecule has 0 saturated carbocycles. The lowest BCUT2D eigenvalue weighted by molar-refractivity contribution is -0.0772. The molecule has 0 aliphatic carbocycles. The Morgan fingerprint density at radius 3 is 1.65 bits per heavy atom. The Balaban J connectivity index is 2.16. The smallest absolute Gasteiger partial charge is 0.199 e. The van der Waals surface area contributed by atoms with Gasteiger partial charge in [-0.2, -0.15) is 0 Å². The molecule has 1 atom stereocenters. The van der Waals surface area contributed by atoms with Gasteiger partial charge in [0.15, 0.2) is 17.8 Å². The molecule has 4 rings (SSSR count). The number of ether oxygens (including phenoxy) is 2. The fourth-order valence-corrected chi connectivity index (χ4v) is 4.28. The summed E-state index contributed by atoms with van der Waals surface area (Å²) in [5, 5.41) is 11.6. The summed E-state index contributed by atoms with van der Waals surface area (Å²) in [6.45, 7) is 8.50. The lowest BCUT2D eigenvalue weighted by atomic mass is 9.83. The minimum atomic E-state index is -0.484. The maximum atomic E-state index is 11.6. The van der Waals surface area contributed by atoms with Crippen LogP contribution in [-0.2, 0) is 4.74 Å². The second kappa shape index (κ2) is 10.9. The van der Waals surface area contributed by atoms with Gasteiger partial charge in [-0.15, -0.1) is 0 Å². The van der Waals surface area contributed by atoms with E-state index in [4.69, 9.17) is 9.47 Å². The lowest BCUT2D eigenvalue weighted by Gasteiger charge is -2.26. The van der Waals surface area contributed by atoms with Crippen molar-refractivity contribution in [2.24, 2.45) is 0 Å². The molecule has 0 aliphatic heterocycles. The second-order valence-electron chi connectivity index (χ2n) is 7.93. The van der Waals surface area contributed by atoms with Crippen LogP contribution in [0.1, 0.15) is 25.8 Å². The third-order valence-corrected chi connectivity index (χ3v) is 5.79. The highest BCUT2D eigenvalue weighted by molar-refractivity contribution is 6.03. The molecule has 0 spiro atoms. The molecule has 34 heavy (non-hydrogen) atoms. The van der Waals surface area contributed by atoms with Crippen molar-refractivity contribution in [1.29, 1.82) is 0 Å². The summed E-state index contributed by atoms with van der Waals surface area (Å²) in [5.41, 5.74) is 6.32. The maximum Gasteiger partial charge on any atom is 0.199 e. The molecular weight excluding hydrogens is 420 g/mol. The molecule has 1 unspecified atom stereocenters. The first-order chi connectivity index (χ1) is 16.7. The number of phenols is 1. The van der Waals surface area contributed by atoms with Crippen LogP contribution in [0.25, 0.3) is 39.5 Å². The van der Waals surface area contributed by atoms with Crippen LogP contribution in [0.2, 0.25) is 0 Å². The van der Waals surface area contributed by atoms with Crippen molar-refractivity contribution >= 4 is 6.08 Å². The first-order valence-corrected chi connectivity index (χ1v) is 11.7. The second-order valence-corrected chi connectivity index (χ2v) is 7.93. The van der Waals surface area contributed by atoms with Crippen molar-refractivity contribution in [1.82, 2.24) is 0 Å². The number of rotatable bonds is 9. The van der Waals surface area contributed by atoms with E-state index in [-0.39, 0.29) is 5.75 Å². The Kier molecular flexibility index (Phi) is 7.46. The van der Waals surface area contributed by atoms with Crippen molar-refractivity contribution in [3.8, 4) is 44.9 Å². The highest BCUT2D eigenvalue weighted by Gasteiger charge is 2.28. The topological polar surface area (TPSA) is 38.7 Å². The molecule has 0 heterocycles. The molecule has 0 radical (unpaired) electrons. The Labute approximate surface area is 201 Å². The van der Waals surface area contributed by atoms with Gasteiger partial charge < -0.3 is 14.6 Å².